The van der Waals surface area contributed by atoms with Crippen LogP contribution in [0, 0.1) is 0 Å². The average molecular weight is 604 g/mol. The Morgan fingerprint density at radius 3 is 2.66 bits per heavy atom. The molecule has 1 saturated heterocycles. The van der Waals surface area contributed by atoms with Crippen molar-refractivity contribution in [1.82, 2.24) is 15.2 Å². The zero-order valence-electron chi connectivity index (χ0n) is 21.4. The van der Waals surface area contributed by atoms with Gasteiger partial charge in [0.25, 0.3) is 11.8 Å². The SMILES string of the molecule is CO/N=C(/C(=O)NC1C(=O)N2C(C(=O)OC(C)CC(=O)OC(C)C)=C(CSSC)CSC12)c1csc(N)n1. The van der Waals surface area contributed by atoms with Crippen molar-refractivity contribution in [3.05, 3.63) is 22.3 Å². The van der Waals surface area contributed by atoms with E-state index in [1.54, 1.807) is 26.2 Å². The molecule has 2 amide bonds. The Hall–Kier alpha value is -2.43. The highest BCUT2D eigenvalue weighted by atomic mass is 33.1. The van der Waals surface area contributed by atoms with Crippen molar-refractivity contribution >= 4 is 79.3 Å². The Bertz CT molecular complexity index is 1140. The lowest BCUT2D eigenvalue weighted by molar-refractivity contribution is -0.158. The van der Waals surface area contributed by atoms with Crippen LogP contribution in [0.1, 0.15) is 32.9 Å². The van der Waals surface area contributed by atoms with Gasteiger partial charge in [-0.05, 0) is 32.6 Å². The van der Waals surface area contributed by atoms with Crippen LogP contribution >= 0.6 is 44.7 Å². The number of thiazole rings is 1. The summed E-state index contributed by atoms with van der Waals surface area (Å²) < 4.78 is 10.7. The minimum atomic E-state index is -0.901. The van der Waals surface area contributed by atoms with Gasteiger partial charge in [0, 0.05) is 16.9 Å². The van der Waals surface area contributed by atoms with E-state index < -0.39 is 41.3 Å². The third-order valence-electron chi connectivity index (χ3n) is 5.17. The van der Waals surface area contributed by atoms with Crippen LogP contribution in [0.25, 0.3) is 0 Å². The number of nitrogen functional groups attached to an aromatic ring is 1. The summed E-state index contributed by atoms with van der Waals surface area (Å²) in [6, 6.07) is -0.901. The van der Waals surface area contributed by atoms with Gasteiger partial charge >= 0.3 is 11.9 Å². The molecule has 3 unspecified atom stereocenters. The Balaban J connectivity index is 1.75. The van der Waals surface area contributed by atoms with E-state index in [0.29, 0.717) is 11.5 Å². The predicted molar refractivity (Wildman–Crippen MR) is 149 cm³/mol. The molecule has 2 aliphatic rings. The van der Waals surface area contributed by atoms with Crippen LogP contribution in [0.5, 0.6) is 0 Å². The molecule has 3 atom stereocenters. The molecular formula is C22H29N5O7S4. The topological polar surface area (TPSA) is 163 Å². The van der Waals surface area contributed by atoms with Gasteiger partial charge in [-0.2, -0.15) is 0 Å². The third kappa shape index (κ3) is 7.15. The predicted octanol–water partition coefficient (Wildman–Crippen LogP) is 2.01. The van der Waals surface area contributed by atoms with Crippen molar-refractivity contribution in [2.24, 2.45) is 5.16 Å². The average Bonchev–Trinajstić information content (AvgIpc) is 3.28. The monoisotopic (exact) mass is 603 g/mol. The number of aromatic nitrogens is 1. The molecule has 16 heteroatoms. The number of nitrogens with two attached hydrogens (primary N) is 1. The highest BCUT2D eigenvalue weighted by Crippen LogP contribution is 2.42. The van der Waals surface area contributed by atoms with Crippen LogP contribution in [0.3, 0.4) is 0 Å². The van der Waals surface area contributed by atoms with Gasteiger partial charge < -0.3 is 25.4 Å². The number of rotatable bonds is 12. The molecule has 208 valence electrons. The van der Waals surface area contributed by atoms with Gasteiger partial charge in [0.05, 0.1) is 12.5 Å². The molecule has 3 heterocycles. The van der Waals surface area contributed by atoms with E-state index in [4.69, 9.17) is 20.0 Å². The number of nitrogens with zero attached hydrogens (tertiary/aromatic N) is 3. The number of oxime groups is 1. The number of nitrogens with one attached hydrogen (secondary N) is 1. The lowest BCUT2D eigenvalue weighted by Gasteiger charge is -2.49. The summed E-state index contributed by atoms with van der Waals surface area (Å²) in [4.78, 5) is 61.6. The van der Waals surface area contributed by atoms with E-state index in [2.05, 4.69) is 15.5 Å². The van der Waals surface area contributed by atoms with Gasteiger partial charge in [0.1, 0.15) is 36.0 Å². The number of hydrogen-bond acceptors (Lipinski definition) is 14. The van der Waals surface area contributed by atoms with Gasteiger partial charge in [0.2, 0.25) is 0 Å². The van der Waals surface area contributed by atoms with E-state index in [1.807, 2.05) is 6.26 Å². The second kappa shape index (κ2) is 13.6. The molecule has 1 aromatic rings. The summed E-state index contributed by atoms with van der Waals surface area (Å²) in [6.45, 7) is 5.06. The van der Waals surface area contributed by atoms with Gasteiger partial charge in [-0.3, -0.25) is 19.3 Å². The fourth-order valence-electron chi connectivity index (χ4n) is 3.64. The first kappa shape index (κ1) is 30.1. The molecule has 0 aromatic carbocycles. The largest absolute Gasteiger partial charge is 0.463 e. The maximum atomic E-state index is 13.2. The van der Waals surface area contributed by atoms with Crippen LogP contribution in [0.2, 0.25) is 0 Å². The number of fused-ring (bicyclic) bond motifs is 1. The summed E-state index contributed by atoms with van der Waals surface area (Å²) >= 11 is 2.57. The molecule has 1 aromatic heterocycles. The standard InChI is InChI=1S/C22H29N5O7S4/c1-10(2)33-14(28)6-11(3)34-21(31)17-12(8-38-35-5)7-36-20-16(19(30)27(17)20)25-18(29)15(26-32-4)13-9-37-22(23)24-13/h9-11,16,20H,6-8H2,1-5H3,(H2,23,24)(H,25,29)/b26-15+. The summed E-state index contributed by atoms with van der Waals surface area (Å²) in [5, 5.41) is 7.71. The number of anilines is 1. The maximum Gasteiger partial charge on any atom is 0.355 e. The van der Waals surface area contributed by atoms with Crippen LogP contribution in [-0.2, 0) is 33.5 Å². The first-order valence-electron chi connectivity index (χ1n) is 11.4. The third-order valence-corrected chi connectivity index (χ3v) is 8.95. The number of hydrogen-bond donors (Lipinski definition) is 2. The van der Waals surface area contributed by atoms with Crippen molar-refractivity contribution in [2.45, 2.75) is 50.8 Å². The molecule has 3 N–H and O–H groups in total. The van der Waals surface area contributed by atoms with E-state index in [0.717, 1.165) is 16.9 Å². The number of β-lactam (4-membered cyclic amide) rings is 1. The van der Waals surface area contributed by atoms with Crippen LogP contribution in [0.4, 0.5) is 5.13 Å². The first-order chi connectivity index (χ1) is 18.1. The summed E-state index contributed by atoms with van der Waals surface area (Å²) in [6.07, 6.45) is 0.765. The van der Waals surface area contributed by atoms with Crippen molar-refractivity contribution in [1.29, 1.82) is 0 Å². The Labute approximate surface area is 236 Å². The Morgan fingerprint density at radius 2 is 2.05 bits per heavy atom. The second-order valence-corrected chi connectivity index (χ2v) is 13.0. The Kier molecular flexibility index (Phi) is 10.8. The first-order valence-corrected chi connectivity index (χ1v) is 16.1. The smallest absolute Gasteiger partial charge is 0.355 e. The zero-order chi connectivity index (χ0) is 28.0. The lowest BCUT2D eigenvalue weighted by atomic mass is 10.0. The molecule has 2 aliphatic heterocycles. The molecule has 0 radical (unpaired) electrons. The van der Waals surface area contributed by atoms with Crippen LogP contribution in [0.15, 0.2) is 21.8 Å². The highest BCUT2D eigenvalue weighted by molar-refractivity contribution is 8.76. The number of esters is 2. The van der Waals surface area contributed by atoms with E-state index in [-0.39, 0.29) is 34.8 Å². The number of ether oxygens (including phenoxy) is 2. The molecule has 0 bridgehead atoms. The van der Waals surface area contributed by atoms with E-state index in [9.17, 15) is 19.2 Å². The number of amides is 2. The number of thioether (sulfide) groups is 1. The molecule has 3 rings (SSSR count). The molecule has 12 nitrogen and oxygen atoms in total. The van der Waals surface area contributed by atoms with Crippen molar-refractivity contribution in [2.75, 3.05) is 30.6 Å². The van der Waals surface area contributed by atoms with E-state index >= 15 is 0 Å². The van der Waals surface area contributed by atoms with Crippen molar-refractivity contribution < 1.29 is 33.5 Å². The highest BCUT2D eigenvalue weighted by Gasteiger charge is 2.54. The van der Waals surface area contributed by atoms with Gasteiger partial charge in [-0.1, -0.05) is 26.7 Å². The van der Waals surface area contributed by atoms with Crippen LogP contribution in [-0.4, -0.2) is 87.8 Å². The summed E-state index contributed by atoms with van der Waals surface area (Å²) in [5.41, 5.74) is 6.66. The molecule has 0 saturated carbocycles. The zero-order valence-corrected chi connectivity index (χ0v) is 24.7. The summed E-state index contributed by atoms with van der Waals surface area (Å²) in [7, 11) is 4.35. The van der Waals surface area contributed by atoms with Gasteiger partial charge in [-0.15, -0.1) is 23.1 Å². The van der Waals surface area contributed by atoms with Crippen molar-refractivity contribution in [3.63, 3.8) is 0 Å². The van der Waals surface area contributed by atoms with Crippen LogP contribution < -0.4 is 11.1 Å². The Morgan fingerprint density at radius 1 is 1.32 bits per heavy atom. The fraction of sp³-hybridized carbons (Fsp3) is 0.545. The maximum absolute atomic E-state index is 13.2. The number of carbonyl (C=O) groups is 4. The summed E-state index contributed by atoms with van der Waals surface area (Å²) in [5.74, 6) is -1.34. The quantitative estimate of drug-likeness (QED) is 0.118. The molecule has 0 spiro atoms. The fourth-order valence-corrected chi connectivity index (χ4v) is 6.94. The minimum absolute atomic E-state index is 0.111. The van der Waals surface area contributed by atoms with Gasteiger partial charge in [0.15, 0.2) is 10.8 Å². The molecule has 38 heavy (non-hydrogen) atoms. The number of carbonyl (C=O) groups excluding carboxylic acids is 4. The second-order valence-electron chi connectivity index (χ2n) is 8.39. The van der Waals surface area contributed by atoms with Crippen molar-refractivity contribution in [3.8, 4) is 0 Å². The minimum Gasteiger partial charge on any atom is -0.463 e. The van der Waals surface area contributed by atoms with E-state index in [1.165, 1.54) is 45.4 Å². The molecule has 1 fully saturated rings. The normalized spacial score (nSPS) is 20.0. The van der Waals surface area contributed by atoms with Gasteiger partial charge in [-0.25, -0.2) is 9.78 Å². The molecule has 0 aliphatic carbocycles. The molecular weight excluding hydrogens is 575 g/mol. The lowest BCUT2D eigenvalue weighted by Crippen LogP contribution is -2.71.